The average Bonchev–Trinajstić information content (AvgIpc) is 2.53. The quantitative estimate of drug-likeness (QED) is 0.773. The molecule has 0 aliphatic rings. The predicted octanol–water partition coefficient (Wildman–Crippen LogP) is 2.19. The number of nitrogens with two attached hydrogens (primary N) is 1. The molecule has 3 N–H and O–H groups in total. The summed E-state index contributed by atoms with van der Waals surface area (Å²) in [6, 6.07) is 8.79. The molecule has 0 saturated heterocycles. The molecule has 6 heteroatoms. The number of hydrogen-bond acceptors (Lipinski definition) is 5. The van der Waals surface area contributed by atoms with Crippen molar-refractivity contribution >= 4 is 16.7 Å². The number of aromatic nitrogens is 2. The monoisotopic (exact) mass is 297 g/mol. The molecule has 3 aromatic rings. The number of fused-ring (bicyclic) bond motifs is 1. The van der Waals surface area contributed by atoms with E-state index in [1.54, 1.807) is 26.5 Å². The Hall–Kier alpha value is -3.02. The van der Waals surface area contributed by atoms with E-state index in [4.69, 9.17) is 15.2 Å². The minimum atomic E-state index is -0.213. The van der Waals surface area contributed by atoms with Gasteiger partial charge >= 0.3 is 0 Å². The van der Waals surface area contributed by atoms with Crippen LogP contribution < -0.4 is 20.8 Å². The zero-order valence-electron chi connectivity index (χ0n) is 12.2. The molecule has 6 nitrogen and oxygen atoms in total. The topological polar surface area (TPSA) is 90.2 Å². The summed E-state index contributed by atoms with van der Waals surface area (Å²) in [6.45, 7) is 0. The van der Waals surface area contributed by atoms with E-state index in [1.165, 1.54) is 6.07 Å². The third kappa shape index (κ3) is 2.46. The maximum absolute atomic E-state index is 11.3. The third-order valence-electron chi connectivity index (χ3n) is 3.41. The van der Waals surface area contributed by atoms with E-state index in [9.17, 15) is 4.79 Å². The molecule has 0 radical (unpaired) electrons. The highest BCUT2D eigenvalue weighted by Gasteiger charge is 2.10. The van der Waals surface area contributed by atoms with Gasteiger partial charge in [0.2, 0.25) is 5.56 Å². The van der Waals surface area contributed by atoms with E-state index in [-0.39, 0.29) is 5.56 Å². The molecule has 0 saturated carbocycles. The van der Waals surface area contributed by atoms with E-state index in [0.717, 1.165) is 16.5 Å². The Balaban J connectivity index is 2.23. The zero-order chi connectivity index (χ0) is 15.7. The van der Waals surface area contributed by atoms with Crippen molar-refractivity contribution in [3.05, 3.63) is 46.9 Å². The Bertz CT molecular complexity index is 881. The summed E-state index contributed by atoms with van der Waals surface area (Å²) in [5.41, 5.74) is 7.96. The van der Waals surface area contributed by atoms with Crippen LogP contribution in [-0.2, 0) is 0 Å². The van der Waals surface area contributed by atoms with Crippen LogP contribution in [0.4, 0.5) is 5.82 Å². The molecule has 0 aliphatic heterocycles. The molecule has 0 fully saturated rings. The Morgan fingerprint density at radius 1 is 1.05 bits per heavy atom. The molecule has 0 amide bonds. The van der Waals surface area contributed by atoms with Crippen molar-refractivity contribution in [1.82, 2.24) is 9.97 Å². The van der Waals surface area contributed by atoms with Crippen molar-refractivity contribution in [2.45, 2.75) is 0 Å². The van der Waals surface area contributed by atoms with Crippen LogP contribution in [-0.4, -0.2) is 24.2 Å². The van der Waals surface area contributed by atoms with Crippen LogP contribution in [0.2, 0.25) is 0 Å². The lowest BCUT2D eigenvalue weighted by Crippen LogP contribution is -2.04. The minimum Gasteiger partial charge on any atom is -0.497 e. The summed E-state index contributed by atoms with van der Waals surface area (Å²) in [7, 11) is 3.18. The van der Waals surface area contributed by atoms with E-state index >= 15 is 0 Å². The number of benzene rings is 1. The van der Waals surface area contributed by atoms with Crippen LogP contribution >= 0.6 is 0 Å². The first-order valence-corrected chi connectivity index (χ1v) is 6.63. The van der Waals surface area contributed by atoms with Gasteiger partial charge in [-0.05, 0) is 23.8 Å². The molecular formula is C16H15N3O3. The van der Waals surface area contributed by atoms with Crippen LogP contribution in [0.3, 0.4) is 0 Å². The molecule has 112 valence electrons. The van der Waals surface area contributed by atoms with Gasteiger partial charge in [0, 0.05) is 29.3 Å². The number of anilines is 1. The van der Waals surface area contributed by atoms with E-state index in [2.05, 4.69) is 9.97 Å². The summed E-state index contributed by atoms with van der Waals surface area (Å²) < 4.78 is 10.5. The molecule has 3 rings (SSSR count). The summed E-state index contributed by atoms with van der Waals surface area (Å²) in [4.78, 5) is 18.3. The molecule has 0 bridgehead atoms. The van der Waals surface area contributed by atoms with Gasteiger partial charge in [-0.3, -0.25) is 4.79 Å². The lowest BCUT2D eigenvalue weighted by atomic mass is 10.0. The smallest absolute Gasteiger partial charge is 0.250 e. The number of H-pyrrole nitrogens is 1. The number of nitrogens with zero attached hydrogens (tertiary/aromatic N) is 1. The van der Waals surface area contributed by atoms with Gasteiger partial charge in [0.05, 0.1) is 19.7 Å². The van der Waals surface area contributed by atoms with Gasteiger partial charge in [-0.2, -0.15) is 0 Å². The van der Waals surface area contributed by atoms with Gasteiger partial charge in [0.1, 0.15) is 17.3 Å². The molecule has 0 spiro atoms. The fourth-order valence-corrected chi connectivity index (χ4v) is 2.30. The summed E-state index contributed by atoms with van der Waals surface area (Å²) in [5, 5.41) is 0.797. The predicted molar refractivity (Wildman–Crippen MR) is 85.3 cm³/mol. The molecule has 2 heterocycles. The fraction of sp³-hybridized carbons (Fsp3) is 0.125. The van der Waals surface area contributed by atoms with Crippen LogP contribution in [0.15, 0.2) is 41.3 Å². The normalized spacial score (nSPS) is 10.6. The molecular weight excluding hydrogens is 282 g/mol. The number of pyridine rings is 2. The number of nitrogen functional groups attached to an aromatic ring is 1. The maximum atomic E-state index is 11.3. The van der Waals surface area contributed by atoms with Gasteiger partial charge in [0.25, 0.3) is 0 Å². The number of aromatic amines is 1. The largest absolute Gasteiger partial charge is 0.497 e. The van der Waals surface area contributed by atoms with Crippen LogP contribution in [0.5, 0.6) is 11.5 Å². The van der Waals surface area contributed by atoms with Crippen LogP contribution in [0, 0.1) is 0 Å². The Kier molecular flexibility index (Phi) is 3.42. The molecule has 0 atom stereocenters. The first-order chi connectivity index (χ1) is 10.6. The van der Waals surface area contributed by atoms with Crippen molar-refractivity contribution < 1.29 is 9.47 Å². The summed E-state index contributed by atoms with van der Waals surface area (Å²) in [5.74, 6) is 1.67. The standard InChI is InChI=1S/C16H15N3O3/c1-21-11-3-9(4-12(6-11)22-2)13-5-10-8-18-15(20)7-14(10)19-16(13)17/h3-8H,1-2H3,(H2,17,19)(H,18,20). The highest BCUT2D eigenvalue weighted by atomic mass is 16.5. The number of rotatable bonds is 3. The van der Waals surface area contributed by atoms with E-state index in [0.29, 0.717) is 22.8 Å². The number of nitrogens with one attached hydrogen (secondary N) is 1. The first kappa shape index (κ1) is 13.9. The van der Waals surface area contributed by atoms with E-state index in [1.807, 2.05) is 18.2 Å². The van der Waals surface area contributed by atoms with Crippen LogP contribution in [0.1, 0.15) is 0 Å². The summed E-state index contributed by atoms with van der Waals surface area (Å²) in [6.07, 6.45) is 1.62. The third-order valence-corrected chi connectivity index (χ3v) is 3.41. The Morgan fingerprint density at radius 2 is 1.73 bits per heavy atom. The highest BCUT2D eigenvalue weighted by Crippen LogP contribution is 2.33. The number of hydrogen-bond donors (Lipinski definition) is 2. The van der Waals surface area contributed by atoms with Crippen molar-refractivity contribution in [2.24, 2.45) is 0 Å². The zero-order valence-corrected chi connectivity index (χ0v) is 12.2. The van der Waals surface area contributed by atoms with Gasteiger partial charge in [0.15, 0.2) is 0 Å². The second kappa shape index (κ2) is 5.40. The van der Waals surface area contributed by atoms with E-state index < -0.39 is 0 Å². The lowest BCUT2D eigenvalue weighted by Gasteiger charge is -2.11. The molecule has 0 aliphatic carbocycles. The highest BCUT2D eigenvalue weighted by molar-refractivity contribution is 5.88. The van der Waals surface area contributed by atoms with Crippen molar-refractivity contribution in [1.29, 1.82) is 0 Å². The average molecular weight is 297 g/mol. The number of methoxy groups -OCH3 is 2. The second-order valence-electron chi connectivity index (χ2n) is 4.79. The maximum Gasteiger partial charge on any atom is 0.250 e. The van der Waals surface area contributed by atoms with Gasteiger partial charge < -0.3 is 20.2 Å². The first-order valence-electron chi connectivity index (χ1n) is 6.63. The SMILES string of the molecule is COc1cc(OC)cc(-c2cc3c[nH]c(=O)cc3nc2N)c1. The van der Waals surface area contributed by atoms with Gasteiger partial charge in [-0.25, -0.2) is 4.98 Å². The summed E-state index contributed by atoms with van der Waals surface area (Å²) >= 11 is 0. The Labute approximate surface area is 126 Å². The van der Waals surface area contributed by atoms with Crippen molar-refractivity contribution in [2.75, 3.05) is 20.0 Å². The van der Waals surface area contributed by atoms with Crippen LogP contribution in [0.25, 0.3) is 22.0 Å². The molecule has 2 aromatic heterocycles. The second-order valence-corrected chi connectivity index (χ2v) is 4.79. The lowest BCUT2D eigenvalue weighted by molar-refractivity contribution is 0.394. The Morgan fingerprint density at radius 3 is 2.36 bits per heavy atom. The number of ether oxygens (including phenoxy) is 2. The molecule has 1 aromatic carbocycles. The van der Waals surface area contributed by atoms with Gasteiger partial charge in [-0.15, -0.1) is 0 Å². The van der Waals surface area contributed by atoms with Crippen molar-refractivity contribution in [3.8, 4) is 22.6 Å². The van der Waals surface area contributed by atoms with Crippen molar-refractivity contribution in [3.63, 3.8) is 0 Å². The minimum absolute atomic E-state index is 0.213. The molecule has 22 heavy (non-hydrogen) atoms. The fourth-order valence-electron chi connectivity index (χ4n) is 2.30. The van der Waals surface area contributed by atoms with Gasteiger partial charge in [-0.1, -0.05) is 0 Å². The molecule has 0 unspecified atom stereocenters.